The molecule has 2 rings (SSSR count). The second kappa shape index (κ2) is 8.43. The predicted octanol–water partition coefficient (Wildman–Crippen LogP) is 3.83. The molecule has 0 heterocycles. The van der Waals surface area contributed by atoms with Gasteiger partial charge in [-0.05, 0) is 30.3 Å². The molecule has 0 fully saturated rings. The van der Waals surface area contributed by atoms with Crippen molar-refractivity contribution in [3.05, 3.63) is 46.7 Å². The summed E-state index contributed by atoms with van der Waals surface area (Å²) in [6.45, 7) is 0.175. The van der Waals surface area contributed by atoms with Gasteiger partial charge in [0.1, 0.15) is 5.82 Å². The number of anilines is 1. The molecular weight excluding hydrogens is 351 g/mol. The number of carbonyl (C=O) groups is 1. The Morgan fingerprint density at radius 3 is 2.40 bits per heavy atom. The fourth-order valence-corrected chi connectivity index (χ4v) is 2.45. The van der Waals surface area contributed by atoms with Gasteiger partial charge in [0, 0.05) is 12.1 Å². The molecule has 134 valence electrons. The van der Waals surface area contributed by atoms with Crippen LogP contribution in [0.4, 0.5) is 14.9 Å². The van der Waals surface area contributed by atoms with Gasteiger partial charge in [-0.25, -0.2) is 9.18 Å². The van der Waals surface area contributed by atoms with Crippen LogP contribution >= 0.6 is 11.6 Å². The minimum atomic E-state index is -0.495. The summed E-state index contributed by atoms with van der Waals surface area (Å²) in [6.07, 6.45) is 0. The second-order valence-corrected chi connectivity index (χ2v) is 5.33. The number of benzene rings is 2. The van der Waals surface area contributed by atoms with E-state index in [0.29, 0.717) is 28.5 Å². The first kappa shape index (κ1) is 18.7. The SMILES string of the molecule is COc1ccc(CNC(=O)Nc2ccc(F)cc2Cl)c(OC)c1OC. The number of ether oxygens (including phenoxy) is 3. The zero-order chi connectivity index (χ0) is 18.4. The van der Waals surface area contributed by atoms with Gasteiger partial charge < -0.3 is 24.8 Å². The highest BCUT2D eigenvalue weighted by atomic mass is 35.5. The minimum absolute atomic E-state index is 0.110. The Hall–Kier alpha value is -2.67. The van der Waals surface area contributed by atoms with E-state index in [1.807, 2.05) is 0 Å². The summed E-state index contributed by atoms with van der Waals surface area (Å²) in [6, 6.07) is 6.69. The molecule has 0 bridgehead atoms. The molecule has 25 heavy (non-hydrogen) atoms. The van der Waals surface area contributed by atoms with Gasteiger partial charge in [-0.3, -0.25) is 0 Å². The first-order valence-electron chi connectivity index (χ1n) is 7.28. The van der Waals surface area contributed by atoms with E-state index in [1.165, 1.54) is 33.5 Å². The second-order valence-electron chi connectivity index (χ2n) is 4.93. The molecule has 2 N–H and O–H groups in total. The van der Waals surface area contributed by atoms with Gasteiger partial charge in [0.15, 0.2) is 11.5 Å². The molecule has 0 aliphatic heterocycles. The summed E-state index contributed by atoms with van der Waals surface area (Å²) in [7, 11) is 4.52. The third-order valence-corrected chi connectivity index (χ3v) is 3.72. The van der Waals surface area contributed by atoms with Crippen molar-refractivity contribution in [3.8, 4) is 17.2 Å². The van der Waals surface area contributed by atoms with Crippen LogP contribution in [0.1, 0.15) is 5.56 Å². The molecule has 0 aliphatic rings. The third-order valence-electron chi connectivity index (χ3n) is 3.40. The van der Waals surface area contributed by atoms with Gasteiger partial charge in [0.2, 0.25) is 5.75 Å². The minimum Gasteiger partial charge on any atom is -0.493 e. The largest absolute Gasteiger partial charge is 0.493 e. The summed E-state index contributed by atoms with van der Waals surface area (Å²) in [5, 5.41) is 5.33. The number of nitrogens with one attached hydrogen (secondary N) is 2. The van der Waals surface area contributed by atoms with Crippen LogP contribution < -0.4 is 24.8 Å². The Kier molecular flexibility index (Phi) is 6.30. The molecule has 0 aromatic heterocycles. The van der Waals surface area contributed by atoms with Crippen LogP contribution in [0.2, 0.25) is 5.02 Å². The Morgan fingerprint density at radius 1 is 1.08 bits per heavy atom. The van der Waals surface area contributed by atoms with Gasteiger partial charge in [0.25, 0.3) is 0 Å². The third kappa shape index (κ3) is 4.45. The summed E-state index contributed by atoms with van der Waals surface area (Å²) in [5.74, 6) is 0.935. The molecule has 0 aliphatic carbocycles. The number of hydrogen-bond acceptors (Lipinski definition) is 4. The highest BCUT2D eigenvalue weighted by Crippen LogP contribution is 2.39. The quantitative estimate of drug-likeness (QED) is 0.813. The van der Waals surface area contributed by atoms with Crippen LogP contribution in [0.5, 0.6) is 17.2 Å². The van der Waals surface area contributed by atoms with Crippen LogP contribution in [0.3, 0.4) is 0 Å². The number of halogens is 2. The van der Waals surface area contributed by atoms with Crippen molar-refractivity contribution in [2.45, 2.75) is 6.54 Å². The standard InChI is InChI=1S/C17H18ClFN2O4/c1-23-14-7-4-10(15(24-2)16(14)25-3)9-20-17(22)21-13-6-5-11(19)8-12(13)18/h4-8H,9H2,1-3H3,(H2,20,21,22). The maximum absolute atomic E-state index is 13.0. The van der Waals surface area contributed by atoms with Crippen molar-refractivity contribution in [3.63, 3.8) is 0 Å². The lowest BCUT2D eigenvalue weighted by Crippen LogP contribution is -2.28. The van der Waals surface area contributed by atoms with E-state index in [1.54, 1.807) is 12.1 Å². The average Bonchev–Trinajstić information content (AvgIpc) is 2.61. The van der Waals surface area contributed by atoms with Crippen molar-refractivity contribution in [1.82, 2.24) is 5.32 Å². The molecule has 2 amide bonds. The smallest absolute Gasteiger partial charge is 0.319 e. The lowest BCUT2D eigenvalue weighted by atomic mass is 10.1. The van der Waals surface area contributed by atoms with Gasteiger partial charge in [0.05, 0.1) is 32.0 Å². The van der Waals surface area contributed by atoms with Crippen molar-refractivity contribution in [2.75, 3.05) is 26.6 Å². The molecule has 0 radical (unpaired) electrons. The summed E-state index contributed by atoms with van der Waals surface area (Å²) < 4.78 is 28.9. The van der Waals surface area contributed by atoms with Gasteiger partial charge in [-0.15, -0.1) is 0 Å². The van der Waals surface area contributed by atoms with Gasteiger partial charge in [-0.1, -0.05) is 11.6 Å². The van der Waals surface area contributed by atoms with E-state index in [-0.39, 0.29) is 11.6 Å². The Labute approximate surface area is 149 Å². The molecule has 0 saturated carbocycles. The fourth-order valence-electron chi connectivity index (χ4n) is 2.24. The Morgan fingerprint density at radius 2 is 1.80 bits per heavy atom. The Bertz CT molecular complexity index is 771. The molecule has 0 saturated heterocycles. The lowest BCUT2D eigenvalue weighted by molar-refractivity contribution is 0.251. The van der Waals surface area contributed by atoms with E-state index in [2.05, 4.69) is 10.6 Å². The van der Waals surface area contributed by atoms with Crippen LogP contribution in [0.15, 0.2) is 30.3 Å². The summed E-state index contributed by atoms with van der Waals surface area (Å²) >= 11 is 5.88. The van der Waals surface area contributed by atoms with Crippen molar-refractivity contribution >= 4 is 23.3 Å². The van der Waals surface area contributed by atoms with E-state index in [0.717, 1.165) is 6.07 Å². The van der Waals surface area contributed by atoms with E-state index >= 15 is 0 Å². The predicted molar refractivity (Wildman–Crippen MR) is 93.4 cm³/mol. The van der Waals surface area contributed by atoms with Crippen LogP contribution in [0.25, 0.3) is 0 Å². The number of carbonyl (C=O) groups excluding carboxylic acids is 1. The molecule has 2 aromatic carbocycles. The highest BCUT2D eigenvalue weighted by Gasteiger charge is 2.16. The fraction of sp³-hybridized carbons (Fsp3) is 0.235. The Balaban J connectivity index is 2.09. The highest BCUT2D eigenvalue weighted by molar-refractivity contribution is 6.33. The first-order valence-corrected chi connectivity index (χ1v) is 7.65. The number of amides is 2. The number of methoxy groups -OCH3 is 3. The van der Waals surface area contributed by atoms with Crippen molar-refractivity contribution < 1.29 is 23.4 Å². The molecule has 0 spiro atoms. The zero-order valence-corrected chi connectivity index (χ0v) is 14.7. The van der Waals surface area contributed by atoms with Crippen LogP contribution in [-0.2, 0) is 6.54 Å². The molecule has 6 nitrogen and oxygen atoms in total. The topological polar surface area (TPSA) is 68.8 Å². The van der Waals surface area contributed by atoms with Crippen molar-refractivity contribution in [2.24, 2.45) is 0 Å². The molecule has 2 aromatic rings. The summed E-state index contributed by atoms with van der Waals surface area (Å²) in [5.41, 5.74) is 1.00. The van der Waals surface area contributed by atoms with Crippen molar-refractivity contribution in [1.29, 1.82) is 0 Å². The monoisotopic (exact) mass is 368 g/mol. The van der Waals surface area contributed by atoms with E-state index in [4.69, 9.17) is 25.8 Å². The van der Waals surface area contributed by atoms with Crippen LogP contribution in [-0.4, -0.2) is 27.4 Å². The molecule has 8 heteroatoms. The van der Waals surface area contributed by atoms with Gasteiger partial charge in [-0.2, -0.15) is 0 Å². The number of rotatable bonds is 6. The van der Waals surface area contributed by atoms with E-state index < -0.39 is 11.8 Å². The molecule has 0 atom stereocenters. The van der Waals surface area contributed by atoms with Gasteiger partial charge >= 0.3 is 6.03 Å². The maximum atomic E-state index is 13.0. The number of urea groups is 1. The lowest BCUT2D eigenvalue weighted by Gasteiger charge is -2.16. The summed E-state index contributed by atoms with van der Waals surface area (Å²) in [4.78, 5) is 12.0. The zero-order valence-electron chi connectivity index (χ0n) is 14.0. The molecule has 0 unspecified atom stereocenters. The van der Waals surface area contributed by atoms with E-state index in [9.17, 15) is 9.18 Å². The molecular formula is C17H18ClFN2O4. The maximum Gasteiger partial charge on any atom is 0.319 e. The number of hydrogen-bond donors (Lipinski definition) is 2. The normalized spacial score (nSPS) is 10.1. The van der Waals surface area contributed by atoms with Crippen LogP contribution in [0, 0.1) is 5.82 Å². The average molecular weight is 369 g/mol. The first-order chi connectivity index (χ1) is 12.0.